The molecule has 0 aliphatic carbocycles. The highest BCUT2D eigenvalue weighted by molar-refractivity contribution is 9.10. The third kappa shape index (κ3) is 2.62. The Morgan fingerprint density at radius 3 is 2.50 bits per heavy atom. The fourth-order valence-corrected chi connectivity index (χ4v) is 2.34. The monoisotopic (exact) mass is 302 g/mol. The largest absolute Gasteiger partial charge is 0.349 e. The highest BCUT2D eigenvalue weighted by Gasteiger charge is 2.06. The zero-order valence-corrected chi connectivity index (χ0v) is 11.7. The summed E-state index contributed by atoms with van der Waals surface area (Å²) < 4.78 is 1.07. The summed E-state index contributed by atoms with van der Waals surface area (Å²) in [5.74, 6) is 0.945. The van der Waals surface area contributed by atoms with Crippen LogP contribution in [-0.2, 0) is 0 Å². The van der Waals surface area contributed by atoms with Crippen LogP contribution >= 0.6 is 15.9 Å². The van der Waals surface area contributed by atoms with Gasteiger partial charge in [-0.15, -0.1) is 13.2 Å². The van der Waals surface area contributed by atoms with E-state index in [-0.39, 0.29) is 0 Å². The Labute approximate surface area is 116 Å². The summed E-state index contributed by atoms with van der Waals surface area (Å²) in [5, 5.41) is 1.12. The summed E-state index contributed by atoms with van der Waals surface area (Å²) in [6, 6.07) is 10.1. The average molecular weight is 303 g/mol. The predicted octanol–water partition coefficient (Wildman–Crippen LogP) is 4.18. The van der Waals surface area contributed by atoms with Crippen LogP contribution in [0, 0.1) is 0 Å². The molecule has 0 spiro atoms. The molecular formula is C15H15BrN2. The SMILES string of the molecule is C=CCN(CC=C)c1ccc2c(Br)cccc2n1. The fraction of sp³-hybridized carbons (Fsp3) is 0.133. The number of fused-ring (bicyclic) bond motifs is 1. The molecule has 1 aromatic heterocycles. The first-order chi connectivity index (χ1) is 8.76. The molecule has 0 amide bonds. The van der Waals surface area contributed by atoms with Crippen LogP contribution in [0.25, 0.3) is 10.9 Å². The second-order valence-electron chi connectivity index (χ2n) is 3.96. The Hall–Kier alpha value is -1.61. The molecular weight excluding hydrogens is 288 g/mol. The van der Waals surface area contributed by atoms with Crippen LogP contribution in [0.1, 0.15) is 0 Å². The number of pyridine rings is 1. The van der Waals surface area contributed by atoms with Gasteiger partial charge in [-0.2, -0.15) is 0 Å². The molecule has 0 aliphatic heterocycles. The molecule has 1 heterocycles. The van der Waals surface area contributed by atoms with Gasteiger partial charge in [-0.05, 0) is 24.3 Å². The van der Waals surface area contributed by atoms with Gasteiger partial charge in [0.15, 0.2) is 0 Å². The first-order valence-electron chi connectivity index (χ1n) is 5.78. The van der Waals surface area contributed by atoms with Gasteiger partial charge in [0, 0.05) is 22.9 Å². The molecule has 0 aliphatic rings. The van der Waals surface area contributed by atoms with Crippen molar-refractivity contribution in [3.63, 3.8) is 0 Å². The molecule has 92 valence electrons. The minimum atomic E-state index is 0.762. The number of benzene rings is 1. The third-order valence-corrected chi connectivity index (χ3v) is 3.38. The number of halogens is 1. The van der Waals surface area contributed by atoms with Gasteiger partial charge in [0.2, 0.25) is 0 Å². The summed E-state index contributed by atoms with van der Waals surface area (Å²) in [6.07, 6.45) is 3.74. The summed E-state index contributed by atoms with van der Waals surface area (Å²) in [4.78, 5) is 6.80. The number of hydrogen-bond acceptors (Lipinski definition) is 2. The maximum Gasteiger partial charge on any atom is 0.129 e. The Morgan fingerprint density at radius 2 is 1.83 bits per heavy atom. The van der Waals surface area contributed by atoms with Crippen LogP contribution in [0.2, 0.25) is 0 Å². The first-order valence-corrected chi connectivity index (χ1v) is 6.57. The Morgan fingerprint density at radius 1 is 1.11 bits per heavy atom. The fourth-order valence-electron chi connectivity index (χ4n) is 1.86. The molecule has 2 nitrogen and oxygen atoms in total. The lowest BCUT2D eigenvalue weighted by molar-refractivity contribution is 0.932. The van der Waals surface area contributed by atoms with E-state index in [1.807, 2.05) is 36.4 Å². The van der Waals surface area contributed by atoms with Gasteiger partial charge in [-0.25, -0.2) is 4.98 Å². The quantitative estimate of drug-likeness (QED) is 0.770. The molecule has 0 unspecified atom stereocenters. The number of hydrogen-bond donors (Lipinski definition) is 0. The summed E-state index contributed by atoms with van der Waals surface area (Å²) in [5.41, 5.74) is 0.986. The van der Waals surface area contributed by atoms with E-state index in [4.69, 9.17) is 0 Å². The van der Waals surface area contributed by atoms with Crippen LogP contribution in [0.3, 0.4) is 0 Å². The van der Waals surface area contributed by atoms with Crippen LogP contribution in [-0.4, -0.2) is 18.1 Å². The van der Waals surface area contributed by atoms with Crippen LogP contribution in [0.15, 0.2) is 60.1 Å². The van der Waals surface area contributed by atoms with Crippen molar-refractivity contribution in [2.45, 2.75) is 0 Å². The van der Waals surface area contributed by atoms with Crippen molar-refractivity contribution in [3.8, 4) is 0 Å². The minimum Gasteiger partial charge on any atom is -0.349 e. The number of aromatic nitrogens is 1. The van der Waals surface area contributed by atoms with Crippen LogP contribution in [0.4, 0.5) is 5.82 Å². The number of nitrogens with zero attached hydrogens (tertiary/aromatic N) is 2. The maximum atomic E-state index is 4.67. The first kappa shape index (κ1) is 12.8. The molecule has 3 heteroatoms. The molecule has 1 aromatic carbocycles. The van der Waals surface area contributed by atoms with Crippen LogP contribution < -0.4 is 4.90 Å². The summed E-state index contributed by atoms with van der Waals surface area (Å²) in [6.45, 7) is 9.07. The molecule has 0 bridgehead atoms. The van der Waals surface area contributed by atoms with Gasteiger partial charge < -0.3 is 4.90 Å². The topological polar surface area (TPSA) is 16.1 Å². The molecule has 0 saturated carbocycles. The molecule has 0 atom stereocenters. The van der Waals surface area contributed by atoms with E-state index >= 15 is 0 Å². The van der Waals surface area contributed by atoms with Gasteiger partial charge in [-0.1, -0.05) is 34.1 Å². The Balaban J connectivity index is 2.44. The smallest absolute Gasteiger partial charge is 0.129 e. The highest BCUT2D eigenvalue weighted by atomic mass is 79.9. The minimum absolute atomic E-state index is 0.762. The summed E-state index contributed by atoms with van der Waals surface area (Å²) >= 11 is 3.53. The molecule has 2 aromatic rings. The molecule has 0 radical (unpaired) electrons. The van der Waals surface area contributed by atoms with E-state index < -0.39 is 0 Å². The third-order valence-electron chi connectivity index (χ3n) is 2.69. The van der Waals surface area contributed by atoms with E-state index in [1.165, 1.54) is 0 Å². The molecule has 18 heavy (non-hydrogen) atoms. The normalized spacial score (nSPS) is 10.3. The summed E-state index contributed by atoms with van der Waals surface area (Å²) in [7, 11) is 0. The molecule has 0 fully saturated rings. The van der Waals surface area contributed by atoms with Gasteiger partial charge in [0.05, 0.1) is 5.52 Å². The van der Waals surface area contributed by atoms with E-state index in [9.17, 15) is 0 Å². The van der Waals surface area contributed by atoms with Crippen molar-refractivity contribution in [1.29, 1.82) is 0 Å². The standard InChI is InChI=1S/C15H15BrN2/c1-3-10-18(11-4-2)15-9-8-12-13(16)6-5-7-14(12)17-15/h3-9H,1-2,10-11H2. The van der Waals surface area contributed by atoms with Crippen molar-refractivity contribution in [2.24, 2.45) is 0 Å². The predicted molar refractivity (Wildman–Crippen MR) is 82.1 cm³/mol. The van der Waals surface area contributed by atoms with Crippen LogP contribution in [0.5, 0.6) is 0 Å². The lowest BCUT2D eigenvalue weighted by atomic mass is 10.2. The Bertz CT molecular complexity index is 568. The van der Waals surface area contributed by atoms with Crippen molar-refractivity contribution < 1.29 is 0 Å². The average Bonchev–Trinajstić information content (AvgIpc) is 2.38. The van der Waals surface area contributed by atoms with Crippen molar-refractivity contribution in [2.75, 3.05) is 18.0 Å². The van der Waals surface area contributed by atoms with Gasteiger partial charge in [0.25, 0.3) is 0 Å². The lowest BCUT2D eigenvalue weighted by Gasteiger charge is -2.20. The van der Waals surface area contributed by atoms with E-state index in [1.54, 1.807) is 0 Å². The second kappa shape index (κ2) is 5.83. The van der Waals surface area contributed by atoms with Gasteiger partial charge in [-0.3, -0.25) is 0 Å². The van der Waals surface area contributed by atoms with Crippen molar-refractivity contribution in [1.82, 2.24) is 4.98 Å². The zero-order valence-electron chi connectivity index (χ0n) is 10.1. The number of rotatable bonds is 5. The zero-order chi connectivity index (χ0) is 13.0. The van der Waals surface area contributed by atoms with E-state index in [0.29, 0.717) is 0 Å². The Kier molecular flexibility index (Phi) is 4.15. The van der Waals surface area contributed by atoms with Crippen molar-refractivity contribution in [3.05, 3.63) is 60.1 Å². The van der Waals surface area contributed by atoms with E-state index in [0.717, 1.165) is 34.3 Å². The lowest BCUT2D eigenvalue weighted by Crippen LogP contribution is -2.24. The van der Waals surface area contributed by atoms with Crippen molar-refractivity contribution >= 4 is 32.7 Å². The van der Waals surface area contributed by atoms with Gasteiger partial charge >= 0.3 is 0 Å². The van der Waals surface area contributed by atoms with Gasteiger partial charge in [0.1, 0.15) is 5.82 Å². The number of anilines is 1. The maximum absolute atomic E-state index is 4.67. The molecule has 2 rings (SSSR count). The molecule has 0 N–H and O–H groups in total. The highest BCUT2D eigenvalue weighted by Crippen LogP contribution is 2.24. The molecule has 0 saturated heterocycles. The second-order valence-corrected chi connectivity index (χ2v) is 4.81. The van der Waals surface area contributed by atoms with E-state index in [2.05, 4.69) is 45.0 Å².